The molecule has 0 aliphatic rings. The van der Waals surface area contributed by atoms with E-state index in [2.05, 4.69) is 31.9 Å². The highest BCUT2D eigenvalue weighted by Gasteiger charge is 2.31. The van der Waals surface area contributed by atoms with Crippen molar-refractivity contribution in [1.29, 1.82) is 0 Å². The Kier molecular flexibility index (Phi) is 3.78. The Labute approximate surface area is 110 Å². The number of aromatic carboxylic acids is 1. The zero-order valence-electron chi connectivity index (χ0n) is 7.72. The van der Waals surface area contributed by atoms with E-state index in [1.807, 2.05) is 0 Å². The molecule has 0 atom stereocenters. The van der Waals surface area contributed by atoms with Crippen LogP contribution in [0.15, 0.2) is 15.0 Å². The van der Waals surface area contributed by atoms with Crippen LogP contribution in [-0.2, 0) is 0 Å². The maximum absolute atomic E-state index is 10.8. The van der Waals surface area contributed by atoms with Crippen LogP contribution in [0.25, 0.3) is 0 Å². The van der Waals surface area contributed by atoms with Gasteiger partial charge >= 0.3 is 11.7 Å². The molecule has 0 radical (unpaired) electrons. The van der Waals surface area contributed by atoms with Gasteiger partial charge in [-0.05, 0) is 31.9 Å². The molecule has 0 saturated heterocycles. The second-order valence-electron chi connectivity index (χ2n) is 2.74. The molecule has 8 nitrogen and oxygen atoms in total. The number of carboxylic acid groups (broad SMARTS) is 1. The average molecular weight is 370 g/mol. The number of nitro groups is 2. The summed E-state index contributed by atoms with van der Waals surface area (Å²) in [5.74, 6) is -1.50. The number of carboxylic acids is 1. The third kappa shape index (κ3) is 2.42. The fraction of sp³-hybridized carbons (Fsp3) is 0. The summed E-state index contributed by atoms with van der Waals surface area (Å²) in [5.41, 5.74) is -1.93. The van der Waals surface area contributed by atoms with Gasteiger partial charge in [-0.3, -0.25) is 20.2 Å². The summed E-state index contributed by atoms with van der Waals surface area (Å²) < 4.78 is -0.711. The number of carbonyl (C=O) groups is 1. The lowest BCUT2D eigenvalue weighted by molar-refractivity contribution is -0.396. The monoisotopic (exact) mass is 368 g/mol. The molecular weight excluding hydrogens is 368 g/mol. The van der Waals surface area contributed by atoms with Crippen molar-refractivity contribution >= 4 is 49.2 Å². The van der Waals surface area contributed by atoms with Gasteiger partial charge < -0.3 is 5.11 Å². The summed E-state index contributed by atoms with van der Waals surface area (Å²) in [6, 6.07) is 0.740. The summed E-state index contributed by atoms with van der Waals surface area (Å²) in [7, 11) is 0. The van der Waals surface area contributed by atoms with Crippen LogP contribution in [-0.4, -0.2) is 20.9 Å². The van der Waals surface area contributed by atoms with Crippen molar-refractivity contribution < 1.29 is 19.7 Å². The second-order valence-corrected chi connectivity index (χ2v) is 4.33. The molecule has 0 aliphatic heterocycles. The molecule has 0 aromatic heterocycles. The summed E-state index contributed by atoms with van der Waals surface area (Å²) >= 11 is 5.45. The van der Waals surface area contributed by atoms with Gasteiger partial charge in [0.25, 0.3) is 5.69 Å². The molecule has 0 saturated carbocycles. The van der Waals surface area contributed by atoms with E-state index >= 15 is 0 Å². The van der Waals surface area contributed by atoms with Crippen LogP contribution in [0.2, 0.25) is 0 Å². The lowest BCUT2D eigenvalue weighted by Crippen LogP contribution is -2.04. The zero-order chi connectivity index (χ0) is 13.3. The van der Waals surface area contributed by atoms with E-state index in [0.29, 0.717) is 0 Å². The van der Waals surface area contributed by atoms with Gasteiger partial charge in [-0.1, -0.05) is 0 Å². The zero-order valence-corrected chi connectivity index (χ0v) is 10.9. The predicted octanol–water partition coefficient (Wildman–Crippen LogP) is 2.73. The van der Waals surface area contributed by atoms with Crippen molar-refractivity contribution in [2.45, 2.75) is 0 Å². The number of nitro benzene ring substituents is 2. The molecule has 0 aliphatic carbocycles. The number of rotatable bonds is 3. The summed E-state index contributed by atoms with van der Waals surface area (Å²) in [6.45, 7) is 0. The first-order valence-corrected chi connectivity index (χ1v) is 5.40. The molecule has 1 aromatic rings. The fourth-order valence-corrected chi connectivity index (χ4v) is 2.55. The Hall–Kier alpha value is -1.55. The third-order valence-corrected chi connectivity index (χ3v) is 3.35. The molecule has 0 fully saturated rings. The van der Waals surface area contributed by atoms with Gasteiger partial charge in [0.1, 0.15) is 4.47 Å². The average Bonchev–Trinajstić information content (AvgIpc) is 2.15. The van der Waals surface area contributed by atoms with Crippen LogP contribution in [0.5, 0.6) is 0 Å². The molecule has 1 rings (SSSR count). The topological polar surface area (TPSA) is 124 Å². The smallest absolute Gasteiger partial charge is 0.337 e. The Balaban J connectivity index is 3.76. The Morgan fingerprint density at radius 1 is 1.18 bits per heavy atom. The van der Waals surface area contributed by atoms with E-state index in [1.165, 1.54) is 0 Å². The number of hydrogen-bond donors (Lipinski definition) is 1. The number of nitrogens with zero attached hydrogens (tertiary/aromatic N) is 2. The Bertz CT molecular complexity index is 505. The molecule has 0 bridgehead atoms. The maximum Gasteiger partial charge on any atom is 0.337 e. The van der Waals surface area contributed by atoms with E-state index in [9.17, 15) is 25.0 Å². The van der Waals surface area contributed by atoms with Crippen LogP contribution >= 0.6 is 31.9 Å². The van der Waals surface area contributed by atoms with Gasteiger partial charge in [-0.15, -0.1) is 0 Å². The molecule has 0 unspecified atom stereocenters. The van der Waals surface area contributed by atoms with Crippen LogP contribution in [0.3, 0.4) is 0 Å². The number of hydrogen-bond acceptors (Lipinski definition) is 5. The minimum Gasteiger partial charge on any atom is -0.478 e. The van der Waals surface area contributed by atoms with Gasteiger partial charge in [0.15, 0.2) is 4.47 Å². The van der Waals surface area contributed by atoms with Crippen molar-refractivity contribution in [3.05, 3.63) is 40.8 Å². The summed E-state index contributed by atoms with van der Waals surface area (Å²) in [6.07, 6.45) is 0. The molecule has 10 heteroatoms. The Morgan fingerprint density at radius 2 is 1.71 bits per heavy atom. The molecule has 0 spiro atoms. The first-order valence-electron chi connectivity index (χ1n) is 3.81. The molecule has 1 N–H and O–H groups in total. The largest absolute Gasteiger partial charge is 0.478 e. The van der Waals surface area contributed by atoms with Crippen LogP contribution < -0.4 is 0 Å². The van der Waals surface area contributed by atoms with Crippen molar-refractivity contribution in [2.24, 2.45) is 0 Å². The summed E-state index contributed by atoms with van der Waals surface area (Å²) in [4.78, 5) is 30.3. The van der Waals surface area contributed by atoms with Crippen molar-refractivity contribution in [2.75, 3.05) is 0 Å². The second kappa shape index (κ2) is 4.75. The van der Waals surface area contributed by atoms with E-state index in [-0.39, 0.29) is 8.95 Å². The van der Waals surface area contributed by atoms with Crippen molar-refractivity contribution in [3.8, 4) is 0 Å². The number of halogens is 2. The van der Waals surface area contributed by atoms with Crippen molar-refractivity contribution in [3.63, 3.8) is 0 Å². The third-order valence-electron chi connectivity index (χ3n) is 1.77. The highest BCUT2D eigenvalue weighted by atomic mass is 79.9. The van der Waals surface area contributed by atoms with E-state index in [4.69, 9.17) is 5.11 Å². The molecular formula is C7H2Br2N2O6. The SMILES string of the molecule is O=C(O)c1cc([N+](=O)[O-])c(Br)c([N+](=O)[O-])c1Br. The maximum atomic E-state index is 10.8. The van der Waals surface area contributed by atoms with Crippen molar-refractivity contribution in [1.82, 2.24) is 0 Å². The van der Waals surface area contributed by atoms with Gasteiger partial charge in [0.05, 0.1) is 15.4 Å². The van der Waals surface area contributed by atoms with E-state index < -0.39 is 32.8 Å². The van der Waals surface area contributed by atoms with Gasteiger partial charge in [-0.2, -0.15) is 0 Å². The predicted molar refractivity (Wildman–Crippen MR) is 62.1 cm³/mol. The fourth-order valence-electron chi connectivity index (χ4n) is 1.06. The normalized spacial score (nSPS) is 10.0. The summed E-state index contributed by atoms with van der Waals surface area (Å²) in [5, 5.41) is 30.1. The quantitative estimate of drug-likeness (QED) is 0.645. The highest BCUT2D eigenvalue weighted by molar-refractivity contribution is 9.11. The van der Waals surface area contributed by atoms with Gasteiger partial charge in [0, 0.05) is 6.07 Å². The minimum atomic E-state index is -1.50. The van der Waals surface area contributed by atoms with Gasteiger partial charge in [0.2, 0.25) is 0 Å². The Morgan fingerprint density at radius 3 is 2.06 bits per heavy atom. The lowest BCUT2D eigenvalue weighted by atomic mass is 10.2. The van der Waals surface area contributed by atoms with Crippen LogP contribution in [0, 0.1) is 20.2 Å². The first kappa shape index (κ1) is 13.5. The number of benzene rings is 1. The molecule has 0 amide bonds. The molecule has 17 heavy (non-hydrogen) atoms. The first-order chi connectivity index (χ1) is 7.77. The standard InChI is InChI=1S/C7H2Br2N2O6/c8-4-2(7(12)13)1-3(10(14)15)5(9)6(4)11(16)17/h1H,(H,12,13). The van der Waals surface area contributed by atoms with Crippen LogP contribution in [0.4, 0.5) is 11.4 Å². The van der Waals surface area contributed by atoms with Gasteiger partial charge in [-0.25, -0.2) is 4.79 Å². The lowest BCUT2D eigenvalue weighted by Gasteiger charge is -2.03. The molecule has 1 aromatic carbocycles. The van der Waals surface area contributed by atoms with E-state index in [1.54, 1.807) is 0 Å². The van der Waals surface area contributed by atoms with E-state index in [0.717, 1.165) is 6.07 Å². The van der Waals surface area contributed by atoms with Crippen LogP contribution in [0.1, 0.15) is 10.4 Å². The molecule has 0 heterocycles. The molecule has 90 valence electrons. The minimum absolute atomic E-state index is 0.326. The highest BCUT2D eigenvalue weighted by Crippen LogP contribution is 2.41.